The minimum atomic E-state index is -0.236. The first-order valence-electron chi connectivity index (χ1n) is 6.65. The number of rotatable bonds is 6. The summed E-state index contributed by atoms with van der Waals surface area (Å²) < 4.78 is 0. The minimum absolute atomic E-state index is 0.236. The summed E-state index contributed by atoms with van der Waals surface area (Å²) in [6.45, 7) is 9.18. The van der Waals surface area contributed by atoms with Gasteiger partial charge >= 0.3 is 0 Å². The van der Waals surface area contributed by atoms with E-state index in [-0.39, 0.29) is 6.10 Å². The first kappa shape index (κ1) is 14.4. The summed E-state index contributed by atoms with van der Waals surface area (Å²) >= 11 is 0. The Morgan fingerprint density at radius 3 is 2.76 bits per heavy atom. The van der Waals surface area contributed by atoms with Crippen LogP contribution in [0.15, 0.2) is 0 Å². The molecule has 2 atom stereocenters. The number of aliphatic hydroxyl groups is 1. The third-order valence-electron chi connectivity index (χ3n) is 3.36. The fraction of sp³-hybridized carbons (Fsp3) is 0.923. The fourth-order valence-electron chi connectivity index (χ4n) is 2.42. The number of nitriles is 1. The van der Waals surface area contributed by atoms with E-state index >= 15 is 0 Å². The van der Waals surface area contributed by atoms with Crippen molar-refractivity contribution in [3.63, 3.8) is 0 Å². The molecule has 1 N–H and O–H groups in total. The van der Waals surface area contributed by atoms with Crippen LogP contribution >= 0.6 is 0 Å². The van der Waals surface area contributed by atoms with Gasteiger partial charge in [0.25, 0.3) is 0 Å². The van der Waals surface area contributed by atoms with Gasteiger partial charge in [-0.1, -0.05) is 0 Å². The summed E-state index contributed by atoms with van der Waals surface area (Å²) in [5.74, 6) is 0. The molecule has 0 radical (unpaired) electrons. The maximum atomic E-state index is 9.40. The van der Waals surface area contributed by atoms with Crippen molar-refractivity contribution >= 4 is 0 Å². The predicted octanol–water partition coefficient (Wildman–Crippen LogP) is 1.07. The van der Waals surface area contributed by atoms with E-state index in [1.54, 1.807) is 0 Å². The van der Waals surface area contributed by atoms with E-state index in [2.05, 4.69) is 22.8 Å². The van der Waals surface area contributed by atoms with Crippen molar-refractivity contribution in [2.75, 3.05) is 32.7 Å². The highest BCUT2D eigenvalue weighted by Gasteiger charge is 2.23. The second-order valence-corrected chi connectivity index (χ2v) is 5.11. The Morgan fingerprint density at radius 2 is 2.18 bits per heavy atom. The quantitative estimate of drug-likeness (QED) is 0.704. The van der Waals surface area contributed by atoms with E-state index in [0.29, 0.717) is 12.5 Å². The Bertz CT molecular complexity index is 250. The highest BCUT2D eigenvalue weighted by atomic mass is 16.3. The van der Waals surface area contributed by atoms with Gasteiger partial charge in [0.2, 0.25) is 0 Å². The monoisotopic (exact) mass is 239 g/mol. The van der Waals surface area contributed by atoms with E-state index in [1.165, 1.54) is 0 Å². The number of hydrogen-bond donors (Lipinski definition) is 1. The van der Waals surface area contributed by atoms with E-state index in [9.17, 15) is 5.11 Å². The van der Waals surface area contributed by atoms with Gasteiger partial charge in [0.1, 0.15) is 0 Å². The van der Waals surface area contributed by atoms with Crippen LogP contribution in [0.25, 0.3) is 0 Å². The summed E-state index contributed by atoms with van der Waals surface area (Å²) in [5, 5.41) is 17.9. The van der Waals surface area contributed by atoms with Gasteiger partial charge in [-0.05, 0) is 33.2 Å². The van der Waals surface area contributed by atoms with Gasteiger partial charge in [0.15, 0.2) is 0 Å². The van der Waals surface area contributed by atoms with Crippen molar-refractivity contribution in [1.29, 1.82) is 5.26 Å². The Labute approximate surface area is 105 Å². The summed E-state index contributed by atoms with van der Waals surface area (Å²) in [4.78, 5) is 4.83. The number of unbranched alkanes of at least 4 members (excludes halogenated alkanes) is 2. The van der Waals surface area contributed by atoms with Crippen molar-refractivity contribution in [2.24, 2.45) is 0 Å². The first-order chi connectivity index (χ1) is 8.13. The van der Waals surface area contributed by atoms with E-state index in [0.717, 1.165) is 45.6 Å². The van der Waals surface area contributed by atoms with Crippen LogP contribution in [0.2, 0.25) is 0 Å². The molecule has 0 bridgehead atoms. The molecule has 0 aliphatic carbocycles. The third kappa shape index (κ3) is 5.49. The average Bonchev–Trinajstić information content (AvgIpc) is 2.27. The molecule has 1 rings (SSSR count). The van der Waals surface area contributed by atoms with Gasteiger partial charge in [0.05, 0.1) is 12.2 Å². The lowest BCUT2D eigenvalue weighted by molar-refractivity contribution is 0.0447. The van der Waals surface area contributed by atoms with Crippen LogP contribution in [0.4, 0.5) is 0 Å². The van der Waals surface area contributed by atoms with E-state index in [4.69, 9.17) is 5.26 Å². The van der Waals surface area contributed by atoms with E-state index in [1.807, 2.05) is 6.92 Å². The summed E-state index contributed by atoms with van der Waals surface area (Å²) in [5.41, 5.74) is 0. The zero-order chi connectivity index (χ0) is 12.7. The fourth-order valence-corrected chi connectivity index (χ4v) is 2.42. The van der Waals surface area contributed by atoms with Crippen LogP contribution in [0.5, 0.6) is 0 Å². The van der Waals surface area contributed by atoms with Crippen molar-refractivity contribution < 1.29 is 5.11 Å². The first-order valence-corrected chi connectivity index (χ1v) is 6.65. The SMILES string of the molecule is CC(O)CN1CCN(CCCCC#N)CC1C. The van der Waals surface area contributed by atoms with Gasteiger partial charge in [-0.25, -0.2) is 0 Å². The lowest BCUT2D eigenvalue weighted by Crippen LogP contribution is -2.53. The topological polar surface area (TPSA) is 50.5 Å². The van der Waals surface area contributed by atoms with Gasteiger partial charge < -0.3 is 10.0 Å². The van der Waals surface area contributed by atoms with Gasteiger partial charge in [-0.2, -0.15) is 5.26 Å². The predicted molar refractivity (Wildman–Crippen MR) is 68.6 cm³/mol. The number of aliphatic hydroxyl groups excluding tert-OH is 1. The number of nitrogens with zero attached hydrogens (tertiary/aromatic N) is 3. The lowest BCUT2D eigenvalue weighted by atomic mass is 10.1. The maximum Gasteiger partial charge on any atom is 0.0639 e. The molecular weight excluding hydrogens is 214 g/mol. The third-order valence-corrected chi connectivity index (χ3v) is 3.36. The molecule has 1 aliphatic rings. The molecule has 1 saturated heterocycles. The molecule has 0 amide bonds. The molecule has 0 spiro atoms. The highest BCUT2D eigenvalue weighted by molar-refractivity contribution is 4.80. The van der Waals surface area contributed by atoms with Gasteiger partial charge in [-0.15, -0.1) is 0 Å². The molecule has 0 aromatic heterocycles. The number of piperazine rings is 1. The lowest BCUT2D eigenvalue weighted by Gasteiger charge is -2.40. The average molecular weight is 239 g/mol. The largest absolute Gasteiger partial charge is 0.392 e. The second-order valence-electron chi connectivity index (χ2n) is 5.11. The van der Waals surface area contributed by atoms with Crippen molar-refractivity contribution in [3.8, 4) is 6.07 Å². The molecule has 1 fully saturated rings. The van der Waals surface area contributed by atoms with Crippen LogP contribution in [0.1, 0.15) is 33.1 Å². The number of hydrogen-bond acceptors (Lipinski definition) is 4. The van der Waals surface area contributed by atoms with Crippen LogP contribution in [0.3, 0.4) is 0 Å². The van der Waals surface area contributed by atoms with Gasteiger partial charge in [0, 0.05) is 38.6 Å². The second kappa shape index (κ2) is 7.65. The molecule has 17 heavy (non-hydrogen) atoms. The Morgan fingerprint density at radius 1 is 1.41 bits per heavy atom. The van der Waals surface area contributed by atoms with Crippen molar-refractivity contribution in [2.45, 2.75) is 45.3 Å². The van der Waals surface area contributed by atoms with E-state index < -0.39 is 0 Å². The van der Waals surface area contributed by atoms with Crippen LogP contribution in [0, 0.1) is 11.3 Å². The Balaban J connectivity index is 2.20. The molecule has 0 aromatic rings. The van der Waals surface area contributed by atoms with Crippen molar-refractivity contribution in [3.05, 3.63) is 0 Å². The van der Waals surface area contributed by atoms with Crippen LogP contribution in [-0.4, -0.2) is 59.8 Å². The molecule has 0 saturated carbocycles. The maximum absolute atomic E-state index is 9.40. The molecule has 2 unspecified atom stereocenters. The van der Waals surface area contributed by atoms with Crippen LogP contribution in [-0.2, 0) is 0 Å². The molecule has 1 aliphatic heterocycles. The van der Waals surface area contributed by atoms with Gasteiger partial charge in [-0.3, -0.25) is 4.90 Å². The van der Waals surface area contributed by atoms with Crippen LogP contribution < -0.4 is 0 Å². The minimum Gasteiger partial charge on any atom is -0.392 e. The smallest absolute Gasteiger partial charge is 0.0639 e. The Hall–Kier alpha value is -0.630. The molecule has 0 aromatic carbocycles. The molecule has 4 heteroatoms. The summed E-state index contributed by atoms with van der Waals surface area (Å²) in [7, 11) is 0. The summed E-state index contributed by atoms with van der Waals surface area (Å²) in [6, 6.07) is 2.71. The molecule has 1 heterocycles. The highest BCUT2D eigenvalue weighted by Crippen LogP contribution is 2.11. The van der Waals surface area contributed by atoms with Crippen molar-refractivity contribution in [1.82, 2.24) is 9.80 Å². The zero-order valence-corrected chi connectivity index (χ0v) is 11.1. The zero-order valence-electron chi connectivity index (χ0n) is 11.1. The normalized spacial score (nSPS) is 24.5. The Kier molecular flexibility index (Phi) is 6.49. The molecular formula is C13H25N3O. The summed E-state index contributed by atoms with van der Waals surface area (Å²) in [6.07, 6.45) is 2.58. The number of β-amino-alcohol motifs (C(OH)–C–C–N with tert-alkyl or cyclic N) is 1. The molecule has 4 nitrogen and oxygen atoms in total. The molecule has 98 valence electrons. The standard InChI is InChI=1S/C13H25N3O/c1-12-10-15(7-5-3-4-6-14)8-9-16(12)11-13(2)17/h12-13,17H,3-5,7-11H2,1-2H3.